The number of hydrogen-bond donors (Lipinski definition) is 0. The van der Waals surface area contributed by atoms with E-state index in [1.54, 1.807) is 36.4 Å². The summed E-state index contributed by atoms with van der Waals surface area (Å²) in [7, 11) is 0. The van der Waals surface area contributed by atoms with Crippen LogP contribution in [0.15, 0.2) is 48.5 Å². The second-order valence-electron chi connectivity index (χ2n) is 7.66. The first kappa shape index (κ1) is 25.4. The first-order valence-electron chi connectivity index (χ1n) is 10.6. The Kier molecular flexibility index (Phi) is 8.17. The molecule has 1 aliphatic rings. The zero-order valence-corrected chi connectivity index (χ0v) is 19.3. The van der Waals surface area contributed by atoms with Crippen molar-refractivity contribution in [3.05, 3.63) is 65.2 Å². The molecule has 2 aromatic rings. The van der Waals surface area contributed by atoms with Crippen molar-refractivity contribution >= 4 is 23.7 Å². The van der Waals surface area contributed by atoms with Crippen molar-refractivity contribution in [3.63, 3.8) is 0 Å². The number of nitriles is 1. The molecule has 0 aromatic heterocycles. The third-order valence-corrected chi connectivity index (χ3v) is 4.95. The molecule has 0 unspecified atom stereocenters. The van der Waals surface area contributed by atoms with E-state index in [1.807, 2.05) is 6.07 Å². The summed E-state index contributed by atoms with van der Waals surface area (Å²) >= 11 is 0. The molecule has 182 valence electrons. The van der Waals surface area contributed by atoms with Gasteiger partial charge in [0.2, 0.25) is 12.4 Å². The topological polar surface area (TPSA) is 138 Å². The predicted octanol–water partition coefficient (Wildman–Crippen LogP) is 2.32. The minimum Gasteiger partial charge on any atom is -0.461 e. The van der Waals surface area contributed by atoms with Crippen molar-refractivity contribution in [2.24, 2.45) is 0 Å². The fraction of sp³-hybridized carbons (Fsp3) is 0.320. The van der Waals surface area contributed by atoms with Gasteiger partial charge in [-0.05, 0) is 48.5 Å². The molecule has 4 atom stereocenters. The Morgan fingerprint density at radius 2 is 1.31 bits per heavy atom. The molecule has 0 N–H and O–H groups in total. The van der Waals surface area contributed by atoms with Crippen molar-refractivity contribution in [1.82, 2.24) is 0 Å². The fourth-order valence-corrected chi connectivity index (χ4v) is 3.49. The molecular formula is C25H23NO9. The minimum absolute atomic E-state index is 0.171. The van der Waals surface area contributed by atoms with Gasteiger partial charge in [-0.1, -0.05) is 0 Å². The largest absolute Gasteiger partial charge is 0.461 e. The van der Waals surface area contributed by atoms with E-state index >= 15 is 0 Å². The van der Waals surface area contributed by atoms with E-state index < -0.39 is 42.5 Å². The number of ketones is 1. The van der Waals surface area contributed by atoms with E-state index in [0.29, 0.717) is 16.7 Å². The summed E-state index contributed by atoms with van der Waals surface area (Å²) in [4.78, 5) is 47.6. The van der Waals surface area contributed by atoms with Gasteiger partial charge in [-0.3, -0.25) is 19.2 Å². The number of benzene rings is 2. The summed E-state index contributed by atoms with van der Waals surface area (Å²) in [6, 6.07) is 14.4. The van der Waals surface area contributed by atoms with E-state index in [9.17, 15) is 19.2 Å². The van der Waals surface area contributed by atoms with E-state index in [0.717, 1.165) is 0 Å². The fourth-order valence-electron chi connectivity index (χ4n) is 3.49. The normalized spacial score (nSPS) is 21.2. The van der Waals surface area contributed by atoms with Crippen molar-refractivity contribution in [2.75, 3.05) is 6.61 Å². The molecule has 0 bridgehead atoms. The maximum atomic E-state index is 12.7. The van der Waals surface area contributed by atoms with Crippen LogP contribution in [0.1, 0.15) is 42.3 Å². The lowest BCUT2D eigenvalue weighted by molar-refractivity contribution is -0.259. The zero-order valence-electron chi connectivity index (χ0n) is 19.3. The van der Waals surface area contributed by atoms with Gasteiger partial charge in [0.1, 0.15) is 5.75 Å². The Hall–Kier alpha value is -4.23. The maximum absolute atomic E-state index is 12.7. The van der Waals surface area contributed by atoms with Gasteiger partial charge in [-0.2, -0.15) is 5.26 Å². The van der Waals surface area contributed by atoms with E-state index in [4.69, 9.17) is 28.9 Å². The molecule has 0 spiro atoms. The molecule has 10 nitrogen and oxygen atoms in total. The number of ether oxygens (including phenoxy) is 5. The molecule has 0 saturated carbocycles. The molecule has 35 heavy (non-hydrogen) atoms. The summed E-state index contributed by atoms with van der Waals surface area (Å²) in [5.41, 5.74) is 1.25. The monoisotopic (exact) mass is 481 g/mol. The molecule has 3 rings (SSSR count). The molecule has 0 aliphatic carbocycles. The highest BCUT2D eigenvalue weighted by molar-refractivity contribution is 6.09. The van der Waals surface area contributed by atoms with Crippen LogP contribution in [0.2, 0.25) is 0 Å². The van der Waals surface area contributed by atoms with Crippen LogP contribution in [0.3, 0.4) is 0 Å². The number of carbonyl (C=O) groups excluding carboxylic acids is 4. The molecule has 1 fully saturated rings. The summed E-state index contributed by atoms with van der Waals surface area (Å²) in [5.74, 6) is -1.94. The first-order chi connectivity index (χ1) is 16.7. The molecule has 1 aliphatic heterocycles. The van der Waals surface area contributed by atoms with Crippen molar-refractivity contribution in [2.45, 2.75) is 45.4 Å². The number of nitrogens with zero attached hydrogens (tertiary/aromatic N) is 1. The van der Waals surface area contributed by atoms with Crippen LogP contribution >= 0.6 is 0 Å². The Morgan fingerprint density at radius 1 is 0.800 bits per heavy atom. The molecule has 10 heteroatoms. The lowest BCUT2D eigenvalue weighted by atomic mass is 10.0. The second-order valence-corrected chi connectivity index (χ2v) is 7.66. The predicted molar refractivity (Wildman–Crippen MR) is 118 cm³/mol. The van der Waals surface area contributed by atoms with Gasteiger partial charge in [0.05, 0.1) is 18.2 Å². The third-order valence-electron chi connectivity index (χ3n) is 4.95. The summed E-state index contributed by atoms with van der Waals surface area (Å²) in [6.45, 7) is 3.36. The minimum atomic E-state index is -1.23. The summed E-state index contributed by atoms with van der Waals surface area (Å²) in [6.07, 6.45) is -4.58. The SMILES string of the molecule is CC(=O)O[C@@H]1[C@@H](Oc2ccc(C(=O)c3ccc(C#N)cc3)cc2)OC[C@@H](OC(C)=O)[C@@H]1OC(C)=O. The quantitative estimate of drug-likeness (QED) is 0.329. The van der Waals surface area contributed by atoms with Crippen molar-refractivity contribution < 1.29 is 42.9 Å². The molecule has 1 saturated heterocycles. The lowest BCUT2D eigenvalue weighted by Gasteiger charge is -2.40. The van der Waals surface area contributed by atoms with Crippen LogP contribution < -0.4 is 4.74 Å². The molecule has 0 amide bonds. The Labute approximate surface area is 201 Å². The highest BCUT2D eigenvalue weighted by Gasteiger charge is 2.48. The number of esters is 3. The molecule has 1 heterocycles. The number of carbonyl (C=O) groups is 4. The van der Waals surface area contributed by atoms with Gasteiger partial charge < -0.3 is 23.7 Å². The molecular weight excluding hydrogens is 458 g/mol. The smallest absolute Gasteiger partial charge is 0.303 e. The van der Waals surface area contributed by atoms with Gasteiger partial charge in [0.25, 0.3) is 0 Å². The molecule has 0 radical (unpaired) electrons. The van der Waals surface area contributed by atoms with Crippen LogP contribution in [0.25, 0.3) is 0 Å². The van der Waals surface area contributed by atoms with Gasteiger partial charge >= 0.3 is 17.9 Å². The second kappa shape index (κ2) is 11.3. The zero-order chi connectivity index (χ0) is 25.5. The van der Waals surface area contributed by atoms with Gasteiger partial charge in [-0.25, -0.2) is 0 Å². The third kappa shape index (κ3) is 6.65. The van der Waals surface area contributed by atoms with E-state index in [1.165, 1.54) is 32.9 Å². The lowest BCUT2D eigenvalue weighted by Crippen LogP contribution is -2.59. The van der Waals surface area contributed by atoms with Crippen LogP contribution in [-0.4, -0.2) is 54.9 Å². The highest BCUT2D eigenvalue weighted by atomic mass is 16.7. The summed E-state index contributed by atoms with van der Waals surface area (Å²) in [5, 5.41) is 8.90. The van der Waals surface area contributed by atoms with E-state index in [-0.39, 0.29) is 18.1 Å². The first-order valence-corrected chi connectivity index (χ1v) is 10.6. The van der Waals surface area contributed by atoms with Crippen molar-refractivity contribution in [3.8, 4) is 11.8 Å². The summed E-state index contributed by atoms with van der Waals surface area (Å²) < 4.78 is 27.2. The average molecular weight is 481 g/mol. The van der Waals surface area contributed by atoms with Crippen molar-refractivity contribution in [1.29, 1.82) is 5.26 Å². The average Bonchev–Trinajstić information content (AvgIpc) is 2.82. The van der Waals surface area contributed by atoms with Gasteiger partial charge in [-0.15, -0.1) is 0 Å². The Bertz CT molecular complexity index is 1140. The standard InChI is InChI=1S/C25H23NO9/c1-14(27)32-21-13-31-25(24(34-16(3)29)23(21)33-15(2)28)35-20-10-8-19(9-11-20)22(30)18-6-4-17(12-26)5-7-18/h4-11,21,23-25H,13H2,1-3H3/t21-,23+,24+,25-/m1/s1. The van der Waals surface area contributed by atoms with E-state index in [2.05, 4.69) is 0 Å². The highest BCUT2D eigenvalue weighted by Crippen LogP contribution is 2.27. The van der Waals surface area contributed by atoms with Crippen LogP contribution in [0.5, 0.6) is 5.75 Å². The number of rotatable bonds is 7. The maximum Gasteiger partial charge on any atom is 0.303 e. The van der Waals surface area contributed by atoms with Gasteiger partial charge in [0, 0.05) is 31.9 Å². The van der Waals surface area contributed by atoms with Crippen LogP contribution in [0.4, 0.5) is 0 Å². The molecule has 2 aromatic carbocycles. The Morgan fingerprint density at radius 3 is 1.83 bits per heavy atom. The Balaban J connectivity index is 1.78. The number of hydrogen-bond acceptors (Lipinski definition) is 10. The van der Waals surface area contributed by atoms with Gasteiger partial charge in [0.15, 0.2) is 18.0 Å². The van der Waals surface area contributed by atoms with Crippen LogP contribution in [0, 0.1) is 11.3 Å². The van der Waals surface area contributed by atoms with Crippen LogP contribution in [-0.2, 0) is 33.3 Å².